The minimum atomic E-state index is -1.94. The standard InChI is InChI=1S/C23H22O13/c1-32-11-4-3-8(5-9(11)24)12-6-10(25)15-13(34-12)7-14(20(33-2)16(15)26)35-23-19(29)17(27)18(28)21(36-23)22(30)31/h3-7,17-19,21,23-24,26-29H,1-2H3,(H,30,31). The van der Waals surface area contributed by atoms with Crippen LogP contribution >= 0.6 is 0 Å². The lowest BCUT2D eigenvalue weighted by atomic mass is 9.99. The van der Waals surface area contributed by atoms with Crippen LogP contribution in [-0.2, 0) is 9.53 Å². The molecule has 0 spiro atoms. The number of phenolic OH excluding ortho intramolecular Hbond substituents is 2. The van der Waals surface area contributed by atoms with E-state index in [0.29, 0.717) is 5.56 Å². The molecule has 1 saturated heterocycles. The molecular formula is C23H22O13. The van der Waals surface area contributed by atoms with Crippen LogP contribution in [0.4, 0.5) is 0 Å². The molecule has 13 nitrogen and oxygen atoms in total. The summed E-state index contributed by atoms with van der Waals surface area (Å²) in [5, 5.41) is 59.9. The van der Waals surface area contributed by atoms with Crippen molar-refractivity contribution in [3.05, 3.63) is 40.6 Å². The fourth-order valence-corrected chi connectivity index (χ4v) is 3.81. The summed E-state index contributed by atoms with van der Waals surface area (Å²) in [5.74, 6) is -3.00. The number of carboxylic acid groups (broad SMARTS) is 1. The number of methoxy groups -OCH3 is 2. The first-order valence-electron chi connectivity index (χ1n) is 10.4. The predicted octanol–water partition coefficient (Wildman–Crippen LogP) is 0.159. The van der Waals surface area contributed by atoms with Gasteiger partial charge >= 0.3 is 5.97 Å². The minimum Gasteiger partial charge on any atom is -0.504 e. The Balaban J connectivity index is 1.80. The molecule has 2 aromatic carbocycles. The van der Waals surface area contributed by atoms with E-state index in [2.05, 4.69) is 0 Å². The van der Waals surface area contributed by atoms with Crippen LogP contribution in [0.15, 0.2) is 39.5 Å². The molecule has 0 radical (unpaired) electrons. The van der Waals surface area contributed by atoms with Crippen LogP contribution in [0.2, 0.25) is 0 Å². The molecule has 1 aliphatic heterocycles. The third kappa shape index (κ3) is 4.24. The minimum absolute atomic E-state index is 0.0133. The van der Waals surface area contributed by atoms with Gasteiger partial charge < -0.3 is 54.0 Å². The van der Waals surface area contributed by atoms with E-state index in [1.807, 2.05) is 0 Å². The van der Waals surface area contributed by atoms with Crippen molar-refractivity contribution in [2.75, 3.05) is 14.2 Å². The average molecular weight is 506 g/mol. The highest BCUT2D eigenvalue weighted by Crippen LogP contribution is 2.43. The maximum Gasteiger partial charge on any atom is 0.335 e. The zero-order valence-electron chi connectivity index (χ0n) is 18.8. The number of rotatable bonds is 6. The number of fused-ring (bicyclic) bond motifs is 1. The second-order valence-electron chi connectivity index (χ2n) is 7.84. The first kappa shape index (κ1) is 25.1. The summed E-state index contributed by atoms with van der Waals surface area (Å²) in [6, 6.07) is 6.50. The number of ether oxygens (including phenoxy) is 4. The quantitative estimate of drug-likeness (QED) is 0.264. The van der Waals surface area contributed by atoms with Gasteiger partial charge in [-0.1, -0.05) is 0 Å². The van der Waals surface area contributed by atoms with Gasteiger partial charge in [0.1, 0.15) is 35.0 Å². The highest BCUT2D eigenvalue weighted by molar-refractivity contribution is 5.89. The molecule has 1 fully saturated rings. The largest absolute Gasteiger partial charge is 0.504 e. The Hall–Kier alpha value is -4.04. The number of benzene rings is 2. The molecule has 192 valence electrons. The van der Waals surface area contributed by atoms with Crippen LogP contribution in [0.1, 0.15) is 0 Å². The molecule has 36 heavy (non-hydrogen) atoms. The molecule has 1 aliphatic rings. The van der Waals surface area contributed by atoms with Gasteiger partial charge in [0.15, 0.2) is 34.5 Å². The summed E-state index contributed by atoms with van der Waals surface area (Å²) in [4.78, 5) is 24.2. The van der Waals surface area contributed by atoms with Crippen molar-refractivity contribution in [1.29, 1.82) is 0 Å². The summed E-state index contributed by atoms with van der Waals surface area (Å²) in [6.45, 7) is 0. The number of aliphatic hydroxyl groups is 3. The molecule has 0 bridgehead atoms. The van der Waals surface area contributed by atoms with E-state index in [4.69, 9.17) is 23.4 Å². The van der Waals surface area contributed by atoms with Crippen molar-refractivity contribution < 1.29 is 58.8 Å². The number of carboxylic acids is 1. The van der Waals surface area contributed by atoms with Gasteiger partial charge in [0, 0.05) is 17.7 Å². The van der Waals surface area contributed by atoms with Crippen LogP contribution < -0.4 is 19.6 Å². The molecular weight excluding hydrogens is 484 g/mol. The lowest BCUT2D eigenvalue weighted by Gasteiger charge is -2.38. The summed E-state index contributed by atoms with van der Waals surface area (Å²) in [6.07, 6.45) is -9.51. The Bertz CT molecular complexity index is 1360. The van der Waals surface area contributed by atoms with Crippen LogP contribution in [0, 0.1) is 0 Å². The van der Waals surface area contributed by atoms with Gasteiger partial charge in [-0.15, -0.1) is 0 Å². The summed E-state index contributed by atoms with van der Waals surface area (Å²) in [5.41, 5.74) is -0.554. The summed E-state index contributed by atoms with van der Waals surface area (Å²) in [7, 11) is 2.52. The number of phenols is 2. The predicted molar refractivity (Wildman–Crippen MR) is 119 cm³/mol. The average Bonchev–Trinajstić information content (AvgIpc) is 2.83. The Morgan fingerprint density at radius 2 is 1.67 bits per heavy atom. The van der Waals surface area contributed by atoms with Gasteiger partial charge in [-0.2, -0.15) is 0 Å². The number of hydrogen-bond acceptors (Lipinski definition) is 12. The second kappa shape index (κ2) is 9.54. The maximum absolute atomic E-state index is 12.8. The molecule has 13 heteroatoms. The van der Waals surface area contributed by atoms with E-state index < -0.39 is 47.9 Å². The third-order valence-corrected chi connectivity index (χ3v) is 5.64. The van der Waals surface area contributed by atoms with Gasteiger partial charge in [0.2, 0.25) is 12.0 Å². The highest BCUT2D eigenvalue weighted by Gasteiger charge is 2.48. The fraction of sp³-hybridized carbons (Fsp3) is 0.304. The Labute approximate surface area is 201 Å². The number of aliphatic hydroxyl groups excluding tert-OH is 3. The Morgan fingerprint density at radius 3 is 2.28 bits per heavy atom. The summed E-state index contributed by atoms with van der Waals surface area (Å²) < 4.78 is 26.5. The number of carbonyl (C=O) groups is 1. The van der Waals surface area contributed by atoms with E-state index in [1.54, 1.807) is 0 Å². The van der Waals surface area contributed by atoms with Crippen molar-refractivity contribution in [2.45, 2.75) is 30.7 Å². The highest BCUT2D eigenvalue weighted by atomic mass is 16.7. The van der Waals surface area contributed by atoms with Crippen molar-refractivity contribution in [2.24, 2.45) is 0 Å². The molecule has 2 heterocycles. The van der Waals surface area contributed by atoms with Crippen molar-refractivity contribution in [3.8, 4) is 40.1 Å². The van der Waals surface area contributed by atoms with Crippen LogP contribution in [0.25, 0.3) is 22.3 Å². The normalized spacial score (nSPS) is 23.9. The fourth-order valence-electron chi connectivity index (χ4n) is 3.81. The molecule has 4 rings (SSSR count). The number of hydrogen-bond donors (Lipinski definition) is 6. The molecule has 5 atom stereocenters. The van der Waals surface area contributed by atoms with Gasteiger partial charge in [0.25, 0.3) is 0 Å². The smallest absolute Gasteiger partial charge is 0.335 e. The molecule has 3 aromatic rings. The zero-order valence-corrected chi connectivity index (χ0v) is 18.8. The van der Waals surface area contributed by atoms with E-state index in [-0.39, 0.29) is 39.7 Å². The first-order valence-corrected chi connectivity index (χ1v) is 10.4. The number of aliphatic carboxylic acids is 1. The van der Waals surface area contributed by atoms with Crippen LogP contribution in [-0.4, -0.2) is 81.5 Å². The molecule has 0 saturated carbocycles. The van der Waals surface area contributed by atoms with Crippen molar-refractivity contribution in [3.63, 3.8) is 0 Å². The molecule has 6 N–H and O–H groups in total. The van der Waals surface area contributed by atoms with Gasteiger partial charge in [-0.25, -0.2) is 4.79 Å². The van der Waals surface area contributed by atoms with Gasteiger partial charge in [0.05, 0.1) is 14.2 Å². The SMILES string of the molecule is COc1ccc(-c2cc(=O)c3c(O)c(OC)c(OC4OC(C(=O)O)C(O)C(O)C4O)cc3o2)cc1O. The lowest BCUT2D eigenvalue weighted by Crippen LogP contribution is -2.61. The summed E-state index contributed by atoms with van der Waals surface area (Å²) >= 11 is 0. The van der Waals surface area contributed by atoms with E-state index in [9.17, 15) is 40.2 Å². The first-order chi connectivity index (χ1) is 17.1. The van der Waals surface area contributed by atoms with Crippen LogP contribution in [0.3, 0.4) is 0 Å². The van der Waals surface area contributed by atoms with E-state index >= 15 is 0 Å². The second-order valence-corrected chi connectivity index (χ2v) is 7.84. The van der Waals surface area contributed by atoms with E-state index in [0.717, 1.165) is 19.2 Å². The molecule has 5 unspecified atom stereocenters. The van der Waals surface area contributed by atoms with Crippen molar-refractivity contribution >= 4 is 16.9 Å². The van der Waals surface area contributed by atoms with E-state index in [1.165, 1.54) is 25.3 Å². The lowest BCUT2D eigenvalue weighted by molar-refractivity contribution is -0.271. The molecule has 1 aromatic heterocycles. The third-order valence-electron chi connectivity index (χ3n) is 5.64. The van der Waals surface area contributed by atoms with Gasteiger partial charge in [-0.05, 0) is 18.2 Å². The zero-order chi connectivity index (χ0) is 26.3. The maximum atomic E-state index is 12.8. The topological polar surface area (TPSA) is 206 Å². The monoisotopic (exact) mass is 506 g/mol. The Kier molecular flexibility index (Phi) is 6.65. The van der Waals surface area contributed by atoms with Crippen LogP contribution in [0.5, 0.6) is 28.7 Å². The molecule has 0 aliphatic carbocycles. The molecule has 0 amide bonds. The Morgan fingerprint density at radius 1 is 0.944 bits per heavy atom. The number of aromatic hydroxyl groups is 2. The van der Waals surface area contributed by atoms with Gasteiger partial charge in [-0.3, -0.25) is 4.79 Å². The van der Waals surface area contributed by atoms with Crippen molar-refractivity contribution in [1.82, 2.24) is 0 Å².